The molecule has 6 heteroatoms. The first-order valence-corrected chi connectivity index (χ1v) is 8.93. The molecular weight excluding hydrogens is 379 g/mol. The van der Waals surface area contributed by atoms with E-state index in [-0.39, 0.29) is 11.3 Å². The largest absolute Gasteiger partial charge is 0.573 e. The molecule has 146 valence electrons. The molecule has 3 aromatic carbocycles. The van der Waals surface area contributed by atoms with Gasteiger partial charge in [-0.15, -0.1) is 13.2 Å². The topological polar surface area (TPSA) is 31.2 Å². The van der Waals surface area contributed by atoms with Crippen molar-refractivity contribution in [3.63, 3.8) is 0 Å². The summed E-state index contributed by atoms with van der Waals surface area (Å²) in [7, 11) is 0. The standard InChI is InChI=1S/C23H16F3NO2/c24-23(25,26)29-20-12-10-18(11-13-20)21-6-3-7-22(28)27(21)15-16-8-9-17-4-1-2-5-19(17)14-16/h1-14H,15H2. The second kappa shape index (κ2) is 7.47. The molecule has 0 amide bonds. The van der Waals surface area contributed by atoms with Crippen LogP contribution in [0.15, 0.2) is 89.7 Å². The minimum atomic E-state index is -4.74. The molecule has 1 heterocycles. The van der Waals surface area contributed by atoms with Crippen LogP contribution in [0.25, 0.3) is 22.0 Å². The maximum atomic E-state index is 12.5. The van der Waals surface area contributed by atoms with Crippen molar-refractivity contribution >= 4 is 10.8 Å². The van der Waals surface area contributed by atoms with Crippen LogP contribution in [0.1, 0.15) is 5.56 Å². The molecule has 0 fully saturated rings. The first-order chi connectivity index (χ1) is 13.9. The van der Waals surface area contributed by atoms with Gasteiger partial charge in [0, 0.05) is 6.07 Å². The van der Waals surface area contributed by atoms with E-state index >= 15 is 0 Å². The fourth-order valence-corrected chi connectivity index (χ4v) is 3.28. The van der Waals surface area contributed by atoms with Crippen molar-refractivity contribution in [3.8, 4) is 17.0 Å². The fourth-order valence-electron chi connectivity index (χ4n) is 3.28. The van der Waals surface area contributed by atoms with Crippen LogP contribution >= 0.6 is 0 Å². The zero-order chi connectivity index (χ0) is 20.4. The first kappa shape index (κ1) is 18.8. The number of aromatic nitrogens is 1. The molecule has 0 saturated carbocycles. The van der Waals surface area contributed by atoms with Crippen LogP contribution in [-0.4, -0.2) is 10.9 Å². The molecule has 0 N–H and O–H groups in total. The predicted molar refractivity (Wildman–Crippen MR) is 106 cm³/mol. The lowest BCUT2D eigenvalue weighted by molar-refractivity contribution is -0.274. The van der Waals surface area contributed by atoms with Gasteiger partial charge in [0.1, 0.15) is 5.75 Å². The number of rotatable bonds is 4. The summed E-state index contributed by atoms with van der Waals surface area (Å²) in [5.74, 6) is -0.305. The van der Waals surface area contributed by atoms with Gasteiger partial charge in [0.05, 0.1) is 12.2 Å². The van der Waals surface area contributed by atoms with Crippen molar-refractivity contribution in [2.24, 2.45) is 0 Å². The zero-order valence-electron chi connectivity index (χ0n) is 15.2. The number of nitrogens with zero attached hydrogens (tertiary/aromatic N) is 1. The van der Waals surface area contributed by atoms with Gasteiger partial charge in [-0.2, -0.15) is 0 Å². The highest BCUT2D eigenvalue weighted by atomic mass is 19.4. The normalized spacial score (nSPS) is 11.6. The fraction of sp³-hybridized carbons (Fsp3) is 0.0870. The summed E-state index contributed by atoms with van der Waals surface area (Å²) in [6, 6.07) is 24.3. The van der Waals surface area contributed by atoms with E-state index in [2.05, 4.69) is 4.74 Å². The van der Waals surface area contributed by atoms with Crippen LogP contribution in [0.3, 0.4) is 0 Å². The van der Waals surface area contributed by atoms with E-state index in [1.807, 2.05) is 42.5 Å². The molecular formula is C23H16F3NO2. The molecule has 4 aromatic rings. The lowest BCUT2D eigenvalue weighted by atomic mass is 10.1. The smallest absolute Gasteiger partial charge is 0.406 e. The minimum absolute atomic E-state index is 0.189. The number of benzene rings is 3. The van der Waals surface area contributed by atoms with Crippen LogP contribution in [0.4, 0.5) is 13.2 Å². The van der Waals surface area contributed by atoms with Gasteiger partial charge in [-0.25, -0.2) is 0 Å². The number of alkyl halides is 3. The molecule has 0 aliphatic carbocycles. The third-order valence-electron chi connectivity index (χ3n) is 4.59. The van der Waals surface area contributed by atoms with Gasteiger partial charge in [0.25, 0.3) is 5.56 Å². The van der Waals surface area contributed by atoms with Gasteiger partial charge in [-0.05, 0) is 58.3 Å². The Balaban J connectivity index is 1.69. The SMILES string of the molecule is O=c1cccc(-c2ccc(OC(F)(F)F)cc2)n1Cc1ccc2ccccc2c1. The van der Waals surface area contributed by atoms with Gasteiger partial charge < -0.3 is 9.30 Å². The van der Waals surface area contributed by atoms with Crippen molar-refractivity contribution in [1.82, 2.24) is 4.57 Å². The minimum Gasteiger partial charge on any atom is -0.406 e. The van der Waals surface area contributed by atoms with Crippen LogP contribution in [0.2, 0.25) is 0 Å². The second-order valence-electron chi connectivity index (χ2n) is 6.59. The van der Waals surface area contributed by atoms with E-state index in [1.165, 1.54) is 30.3 Å². The molecule has 29 heavy (non-hydrogen) atoms. The number of hydrogen-bond donors (Lipinski definition) is 0. The highest BCUT2D eigenvalue weighted by Crippen LogP contribution is 2.26. The Labute approximate surface area is 164 Å². The van der Waals surface area contributed by atoms with E-state index in [9.17, 15) is 18.0 Å². The molecule has 0 spiro atoms. The highest BCUT2D eigenvalue weighted by molar-refractivity contribution is 5.83. The second-order valence-corrected chi connectivity index (χ2v) is 6.59. The van der Waals surface area contributed by atoms with Gasteiger partial charge in [-0.1, -0.05) is 42.5 Å². The third-order valence-corrected chi connectivity index (χ3v) is 4.59. The molecule has 0 unspecified atom stereocenters. The number of ether oxygens (including phenoxy) is 1. The van der Waals surface area contributed by atoms with E-state index in [4.69, 9.17) is 0 Å². The Bertz CT molecular complexity index is 1210. The van der Waals surface area contributed by atoms with Crippen molar-refractivity contribution in [1.29, 1.82) is 0 Å². The third kappa shape index (κ3) is 4.32. The van der Waals surface area contributed by atoms with Crippen LogP contribution < -0.4 is 10.3 Å². The number of fused-ring (bicyclic) bond motifs is 1. The molecule has 0 saturated heterocycles. The summed E-state index contributed by atoms with van der Waals surface area (Å²) in [6.45, 7) is 0.348. The summed E-state index contributed by atoms with van der Waals surface area (Å²) in [5.41, 5.74) is 2.00. The van der Waals surface area contributed by atoms with Gasteiger partial charge >= 0.3 is 6.36 Å². The van der Waals surface area contributed by atoms with Gasteiger partial charge in [0.15, 0.2) is 0 Å². The van der Waals surface area contributed by atoms with Gasteiger partial charge in [-0.3, -0.25) is 4.79 Å². The summed E-state index contributed by atoms with van der Waals surface area (Å²) >= 11 is 0. The van der Waals surface area contributed by atoms with E-state index in [1.54, 1.807) is 16.7 Å². The van der Waals surface area contributed by atoms with Gasteiger partial charge in [0.2, 0.25) is 0 Å². The van der Waals surface area contributed by atoms with E-state index in [0.717, 1.165) is 16.3 Å². The molecule has 0 atom stereocenters. The summed E-state index contributed by atoms with van der Waals surface area (Å²) in [5, 5.41) is 2.18. The Morgan fingerprint density at radius 3 is 2.24 bits per heavy atom. The average molecular weight is 395 g/mol. The van der Waals surface area contributed by atoms with Crippen molar-refractivity contribution in [3.05, 3.63) is 101 Å². The average Bonchev–Trinajstić information content (AvgIpc) is 2.69. The molecule has 1 aromatic heterocycles. The summed E-state index contributed by atoms with van der Waals surface area (Å²) < 4.78 is 42.6. The summed E-state index contributed by atoms with van der Waals surface area (Å²) in [6.07, 6.45) is -4.74. The number of pyridine rings is 1. The maximum Gasteiger partial charge on any atom is 0.573 e. The lowest BCUT2D eigenvalue weighted by Crippen LogP contribution is -2.21. The van der Waals surface area contributed by atoms with Crippen LogP contribution in [-0.2, 0) is 6.54 Å². The van der Waals surface area contributed by atoms with Crippen LogP contribution in [0, 0.1) is 0 Å². The maximum absolute atomic E-state index is 12.5. The number of hydrogen-bond acceptors (Lipinski definition) is 2. The Kier molecular flexibility index (Phi) is 4.84. The monoisotopic (exact) mass is 395 g/mol. The molecule has 3 nitrogen and oxygen atoms in total. The number of halogens is 3. The van der Waals surface area contributed by atoms with E-state index < -0.39 is 6.36 Å². The van der Waals surface area contributed by atoms with Crippen molar-refractivity contribution < 1.29 is 17.9 Å². The first-order valence-electron chi connectivity index (χ1n) is 8.93. The van der Waals surface area contributed by atoms with E-state index in [0.29, 0.717) is 17.8 Å². The quantitative estimate of drug-likeness (QED) is 0.449. The van der Waals surface area contributed by atoms with Crippen LogP contribution in [0.5, 0.6) is 5.75 Å². The molecule has 0 bridgehead atoms. The molecule has 4 rings (SSSR count). The predicted octanol–water partition coefficient (Wildman–Crippen LogP) is 5.62. The molecule has 0 aliphatic heterocycles. The van der Waals surface area contributed by atoms with Crippen molar-refractivity contribution in [2.75, 3.05) is 0 Å². The molecule has 0 radical (unpaired) electrons. The molecule has 0 aliphatic rings. The van der Waals surface area contributed by atoms with Crippen molar-refractivity contribution in [2.45, 2.75) is 12.9 Å². The lowest BCUT2D eigenvalue weighted by Gasteiger charge is -2.14. The highest BCUT2D eigenvalue weighted by Gasteiger charge is 2.31. The Morgan fingerprint density at radius 2 is 1.52 bits per heavy atom. The Hall–Kier alpha value is -3.54. The Morgan fingerprint density at radius 1 is 0.793 bits per heavy atom. The zero-order valence-corrected chi connectivity index (χ0v) is 15.2. The summed E-state index contributed by atoms with van der Waals surface area (Å²) in [4.78, 5) is 12.5.